The molecule has 1 N–H and O–H groups in total. The van der Waals surface area contributed by atoms with Crippen molar-refractivity contribution in [3.8, 4) is 5.75 Å². The maximum atomic E-state index is 12.2. The van der Waals surface area contributed by atoms with Gasteiger partial charge in [0.2, 0.25) is 10.0 Å². The number of methoxy groups -OCH3 is 1. The minimum absolute atomic E-state index is 0.0175. The van der Waals surface area contributed by atoms with E-state index in [1.165, 1.54) is 25.4 Å². The van der Waals surface area contributed by atoms with Crippen LogP contribution in [0.25, 0.3) is 0 Å². The number of sulfonamides is 1. The Morgan fingerprint density at radius 1 is 1.24 bits per heavy atom. The lowest BCUT2D eigenvalue weighted by molar-refractivity contribution is 0.409. The molecule has 5 nitrogen and oxygen atoms in total. The number of halogens is 2. The van der Waals surface area contributed by atoms with Crippen LogP contribution in [0.2, 0.25) is 10.2 Å². The summed E-state index contributed by atoms with van der Waals surface area (Å²) in [6.45, 7) is -0.0175. The Labute approximate surface area is 132 Å². The van der Waals surface area contributed by atoms with Gasteiger partial charge in [0.1, 0.15) is 15.8 Å². The van der Waals surface area contributed by atoms with Crippen LogP contribution in [0.1, 0.15) is 5.56 Å². The van der Waals surface area contributed by atoms with Crippen molar-refractivity contribution in [1.82, 2.24) is 9.71 Å². The number of nitrogens with one attached hydrogen (secondary N) is 1. The van der Waals surface area contributed by atoms with E-state index < -0.39 is 10.0 Å². The van der Waals surface area contributed by atoms with Crippen molar-refractivity contribution in [2.75, 3.05) is 7.11 Å². The molecule has 0 aliphatic rings. The third-order valence-electron chi connectivity index (χ3n) is 2.75. The summed E-state index contributed by atoms with van der Waals surface area (Å²) >= 11 is 11.9. The molecule has 8 heteroatoms. The van der Waals surface area contributed by atoms with Gasteiger partial charge in [-0.2, -0.15) is 0 Å². The minimum Gasteiger partial charge on any atom is -0.496 e. The molecule has 0 fully saturated rings. The second-order valence-electron chi connectivity index (χ2n) is 4.04. The first-order valence-electron chi connectivity index (χ1n) is 5.87. The summed E-state index contributed by atoms with van der Waals surface area (Å²) in [6, 6.07) is 7.95. The SMILES string of the molecule is COc1cccc(Cl)c1CNS(=O)(=O)c1cccnc1Cl. The van der Waals surface area contributed by atoms with Crippen molar-refractivity contribution in [2.45, 2.75) is 11.4 Å². The zero-order valence-electron chi connectivity index (χ0n) is 11.0. The molecule has 0 aliphatic heterocycles. The zero-order valence-corrected chi connectivity index (χ0v) is 13.3. The highest BCUT2D eigenvalue weighted by molar-refractivity contribution is 7.89. The van der Waals surface area contributed by atoms with Crippen molar-refractivity contribution in [2.24, 2.45) is 0 Å². The van der Waals surface area contributed by atoms with E-state index in [9.17, 15) is 8.42 Å². The molecule has 0 amide bonds. The fraction of sp³-hybridized carbons (Fsp3) is 0.154. The normalized spacial score (nSPS) is 11.4. The fourth-order valence-corrected chi connectivity index (χ4v) is 3.40. The van der Waals surface area contributed by atoms with E-state index in [0.29, 0.717) is 16.3 Å². The molecule has 112 valence electrons. The van der Waals surface area contributed by atoms with Crippen LogP contribution in [-0.2, 0) is 16.6 Å². The molecule has 2 aromatic rings. The van der Waals surface area contributed by atoms with Gasteiger partial charge in [-0.3, -0.25) is 0 Å². The zero-order chi connectivity index (χ0) is 15.5. The van der Waals surface area contributed by atoms with E-state index in [4.69, 9.17) is 27.9 Å². The average Bonchev–Trinajstić information content (AvgIpc) is 2.46. The minimum atomic E-state index is -3.79. The highest BCUT2D eigenvalue weighted by Crippen LogP contribution is 2.27. The molecule has 0 saturated carbocycles. The lowest BCUT2D eigenvalue weighted by Gasteiger charge is -2.12. The number of benzene rings is 1. The first kappa shape index (κ1) is 16.0. The third kappa shape index (κ3) is 3.65. The number of nitrogens with zero attached hydrogens (tertiary/aromatic N) is 1. The second kappa shape index (κ2) is 6.62. The smallest absolute Gasteiger partial charge is 0.243 e. The van der Waals surface area contributed by atoms with Crippen LogP contribution in [-0.4, -0.2) is 20.5 Å². The van der Waals surface area contributed by atoms with E-state index in [0.717, 1.165) is 0 Å². The highest BCUT2D eigenvalue weighted by atomic mass is 35.5. The van der Waals surface area contributed by atoms with Crippen LogP contribution >= 0.6 is 23.2 Å². The highest BCUT2D eigenvalue weighted by Gasteiger charge is 2.19. The van der Waals surface area contributed by atoms with Crippen LogP contribution in [0.4, 0.5) is 0 Å². The maximum absolute atomic E-state index is 12.2. The van der Waals surface area contributed by atoms with Gasteiger partial charge >= 0.3 is 0 Å². The van der Waals surface area contributed by atoms with Gasteiger partial charge in [-0.25, -0.2) is 18.1 Å². The van der Waals surface area contributed by atoms with Gasteiger partial charge in [0, 0.05) is 23.3 Å². The largest absolute Gasteiger partial charge is 0.496 e. The Morgan fingerprint density at radius 2 is 2.00 bits per heavy atom. The molecular weight excluding hydrogens is 335 g/mol. The lowest BCUT2D eigenvalue weighted by Crippen LogP contribution is -2.24. The van der Waals surface area contributed by atoms with E-state index in [2.05, 4.69) is 9.71 Å². The van der Waals surface area contributed by atoms with Crippen LogP contribution < -0.4 is 9.46 Å². The summed E-state index contributed by atoms with van der Waals surface area (Å²) in [5, 5.41) is 0.324. The van der Waals surface area contributed by atoms with Gasteiger partial charge in [-0.05, 0) is 24.3 Å². The summed E-state index contributed by atoms with van der Waals surface area (Å²) in [5.41, 5.74) is 0.547. The first-order valence-corrected chi connectivity index (χ1v) is 8.11. The lowest BCUT2D eigenvalue weighted by atomic mass is 10.2. The van der Waals surface area contributed by atoms with E-state index in [1.807, 2.05) is 0 Å². The number of rotatable bonds is 5. The molecule has 0 saturated heterocycles. The summed E-state index contributed by atoms with van der Waals surface area (Å²) in [6.07, 6.45) is 1.42. The van der Waals surface area contributed by atoms with Crippen molar-refractivity contribution < 1.29 is 13.2 Å². The predicted molar refractivity (Wildman–Crippen MR) is 81.3 cm³/mol. The molecule has 1 aromatic carbocycles. The Hall–Kier alpha value is -1.34. The van der Waals surface area contributed by atoms with Crippen molar-refractivity contribution in [3.05, 3.63) is 52.3 Å². The number of aromatic nitrogens is 1. The van der Waals surface area contributed by atoms with Crippen LogP contribution in [0.5, 0.6) is 5.75 Å². The maximum Gasteiger partial charge on any atom is 0.243 e. The molecule has 0 bridgehead atoms. The van der Waals surface area contributed by atoms with Crippen molar-refractivity contribution in [1.29, 1.82) is 0 Å². The Morgan fingerprint density at radius 3 is 2.67 bits per heavy atom. The molecule has 1 heterocycles. The van der Waals surface area contributed by atoms with E-state index >= 15 is 0 Å². The summed E-state index contributed by atoms with van der Waals surface area (Å²) in [5.74, 6) is 0.502. The van der Waals surface area contributed by atoms with Crippen molar-refractivity contribution >= 4 is 33.2 Å². The standard InChI is InChI=1S/C13H12Cl2N2O3S/c1-20-11-5-2-4-10(14)9(11)8-17-21(18,19)12-6-3-7-16-13(12)15/h2-7,17H,8H2,1H3. The Bertz CT molecular complexity index is 751. The van der Waals surface area contributed by atoms with Gasteiger partial charge in [0.05, 0.1) is 7.11 Å². The Balaban J connectivity index is 2.26. The molecule has 2 rings (SSSR count). The molecule has 0 radical (unpaired) electrons. The van der Waals surface area contributed by atoms with Gasteiger partial charge in [0.15, 0.2) is 0 Å². The number of pyridine rings is 1. The molecule has 21 heavy (non-hydrogen) atoms. The molecular formula is C13H12Cl2N2O3S. The van der Waals surface area contributed by atoms with E-state index in [1.54, 1.807) is 18.2 Å². The summed E-state index contributed by atoms with van der Waals surface area (Å²) in [7, 11) is -2.30. The predicted octanol–water partition coefficient (Wildman–Crippen LogP) is 2.88. The van der Waals surface area contributed by atoms with Gasteiger partial charge in [-0.15, -0.1) is 0 Å². The molecule has 1 aromatic heterocycles. The number of hydrogen-bond donors (Lipinski definition) is 1. The van der Waals surface area contributed by atoms with Crippen molar-refractivity contribution in [3.63, 3.8) is 0 Å². The second-order valence-corrected chi connectivity index (χ2v) is 6.54. The number of hydrogen-bond acceptors (Lipinski definition) is 4. The molecule has 0 aliphatic carbocycles. The van der Waals surface area contributed by atoms with Gasteiger partial charge in [-0.1, -0.05) is 29.3 Å². The van der Waals surface area contributed by atoms with Crippen LogP contribution in [0, 0.1) is 0 Å². The fourth-order valence-electron chi connectivity index (χ4n) is 1.72. The quantitative estimate of drug-likeness (QED) is 0.845. The topological polar surface area (TPSA) is 68.3 Å². The molecule has 0 unspecified atom stereocenters. The van der Waals surface area contributed by atoms with Gasteiger partial charge < -0.3 is 4.74 Å². The molecule has 0 spiro atoms. The molecule has 0 atom stereocenters. The summed E-state index contributed by atoms with van der Waals surface area (Å²) < 4.78 is 32.0. The van der Waals surface area contributed by atoms with E-state index in [-0.39, 0.29) is 16.6 Å². The summed E-state index contributed by atoms with van der Waals surface area (Å²) in [4.78, 5) is 3.66. The Kier molecular flexibility index (Phi) is 5.05. The monoisotopic (exact) mass is 346 g/mol. The average molecular weight is 347 g/mol. The number of ether oxygens (including phenoxy) is 1. The van der Waals surface area contributed by atoms with Gasteiger partial charge in [0.25, 0.3) is 0 Å². The first-order chi connectivity index (χ1) is 9.95. The third-order valence-corrected chi connectivity index (χ3v) is 4.95. The van der Waals surface area contributed by atoms with Crippen LogP contribution in [0.3, 0.4) is 0 Å². The van der Waals surface area contributed by atoms with Crippen LogP contribution in [0.15, 0.2) is 41.4 Å².